The van der Waals surface area contributed by atoms with Crippen LogP contribution in [0.3, 0.4) is 0 Å². The van der Waals surface area contributed by atoms with Crippen molar-refractivity contribution in [3.8, 4) is 0 Å². The van der Waals surface area contributed by atoms with Crippen LogP contribution >= 0.6 is 0 Å². The molecule has 0 fully saturated rings. The van der Waals surface area contributed by atoms with Crippen LogP contribution in [0.1, 0.15) is 11.1 Å². The molecule has 16 heavy (non-hydrogen) atoms. The van der Waals surface area contributed by atoms with Gasteiger partial charge in [-0.05, 0) is 30.2 Å². The molecular weight excluding hydrogens is 194 g/mol. The second kappa shape index (κ2) is 6.09. The van der Waals surface area contributed by atoms with Gasteiger partial charge in [0.2, 0.25) is 0 Å². The summed E-state index contributed by atoms with van der Waals surface area (Å²) in [6.45, 7) is 1.95. The zero-order chi connectivity index (χ0) is 11.1. The van der Waals surface area contributed by atoms with Gasteiger partial charge in [0.1, 0.15) is 0 Å². The van der Waals surface area contributed by atoms with Crippen molar-refractivity contribution in [2.45, 2.75) is 13.0 Å². The molecule has 0 aliphatic heterocycles. The second-order valence-electron chi connectivity index (χ2n) is 3.82. The molecule has 1 radical (unpaired) electrons. The molecule has 1 heteroatoms. The molecule has 0 spiro atoms. The van der Waals surface area contributed by atoms with Crippen LogP contribution in [0.25, 0.3) is 0 Å². The predicted molar refractivity (Wildman–Crippen MR) is 67.1 cm³/mol. The third-order valence-corrected chi connectivity index (χ3v) is 2.53. The zero-order valence-electron chi connectivity index (χ0n) is 9.32. The molecule has 0 atom stereocenters. The zero-order valence-corrected chi connectivity index (χ0v) is 9.32. The van der Waals surface area contributed by atoms with Crippen LogP contribution in [0, 0.1) is 6.07 Å². The number of hydrogen-bond donors (Lipinski definition) is 1. The van der Waals surface area contributed by atoms with Crippen molar-refractivity contribution >= 4 is 0 Å². The molecule has 0 aliphatic carbocycles. The minimum Gasteiger partial charge on any atom is -0.312 e. The summed E-state index contributed by atoms with van der Waals surface area (Å²) in [6, 6.07) is 21.7. The Hall–Kier alpha value is -1.60. The van der Waals surface area contributed by atoms with E-state index in [9.17, 15) is 0 Å². The summed E-state index contributed by atoms with van der Waals surface area (Å²) < 4.78 is 0. The van der Waals surface area contributed by atoms with E-state index in [2.05, 4.69) is 41.7 Å². The van der Waals surface area contributed by atoms with Crippen molar-refractivity contribution in [2.24, 2.45) is 0 Å². The molecule has 0 amide bonds. The second-order valence-corrected chi connectivity index (χ2v) is 3.82. The summed E-state index contributed by atoms with van der Waals surface area (Å²) >= 11 is 0. The van der Waals surface area contributed by atoms with E-state index in [-0.39, 0.29) is 0 Å². The fourth-order valence-corrected chi connectivity index (χ4v) is 1.65. The Kier molecular flexibility index (Phi) is 4.15. The Labute approximate surface area is 97.1 Å². The molecule has 2 rings (SSSR count). The van der Waals surface area contributed by atoms with Gasteiger partial charge in [-0.1, -0.05) is 54.6 Å². The molecular formula is C15H16N. The number of benzene rings is 2. The Morgan fingerprint density at radius 3 is 2.50 bits per heavy atom. The van der Waals surface area contributed by atoms with E-state index in [1.165, 1.54) is 11.1 Å². The lowest BCUT2D eigenvalue weighted by atomic mass is 10.1. The van der Waals surface area contributed by atoms with Crippen LogP contribution in [-0.2, 0) is 13.0 Å². The molecule has 0 saturated carbocycles. The molecule has 81 valence electrons. The van der Waals surface area contributed by atoms with Gasteiger partial charge < -0.3 is 5.32 Å². The van der Waals surface area contributed by atoms with Gasteiger partial charge in [-0.3, -0.25) is 0 Å². The summed E-state index contributed by atoms with van der Waals surface area (Å²) in [6.07, 6.45) is 1.06. The van der Waals surface area contributed by atoms with Crippen molar-refractivity contribution in [1.82, 2.24) is 5.32 Å². The minimum absolute atomic E-state index is 0.942. The van der Waals surface area contributed by atoms with Gasteiger partial charge >= 0.3 is 0 Å². The van der Waals surface area contributed by atoms with Crippen LogP contribution in [0.2, 0.25) is 0 Å². The van der Waals surface area contributed by atoms with Crippen molar-refractivity contribution in [1.29, 1.82) is 0 Å². The summed E-state index contributed by atoms with van der Waals surface area (Å²) in [5, 5.41) is 3.44. The molecule has 0 aromatic heterocycles. The van der Waals surface area contributed by atoms with Crippen LogP contribution in [-0.4, -0.2) is 6.54 Å². The first-order valence-corrected chi connectivity index (χ1v) is 5.65. The van der Waals surface area contributed by atoms with Crippen molar-refractivity contribution < 1.29 is 0 Å². The van der Waals surface area contributed by atoms with Crippen LogP contribution in [0.4, 0.5) is 0 Å². The fraction of sp³-hybridized carbons (Fsp3) is 0.200. The molecule has 2 aromatic rings. The SMILES string of the molecule is [c]1cccc(CCNCc2ccccc2)c1. The molecule has 0 aliphatic rings. The van der Waals surface area contributed by atoms with E-state index in [4.69, 9.17) is 0 Å². The highest BCUT2D eigenvalue weighted by atomic mass is 14.8. The van der Waals surface area contributed by atoms with Crippen LogP contribution in [0.5, 0.6) is 0 Å². The lowest BCUT2D eigenvalue weighted by Crippen LogP contribution is -2.16. The molecule has 0 heterocycles. The Morgan fingerprint density at radius 2 is 1.75 bits per heavy atom. The Balaban J connectivity index is 1.70. The van der Waals surface area contributed by atoms with Gasteiger partial charge in [0.15, 0.2) is 0 Å². The maximum Gasteiger partial charge on any atom is 0.0205 e. The minimum atomic E-state index is 0.942. The average molecular weight is 210 g/mol. The molecule has 0 saturated heterocycles. The van der Waals surface area contributed by atoms with E-state index < -0.39 is 0 Å². The average Bonchev–Trinajstić information content (AvgIpc) is 2.37. The summed E-state index contributed by atoms with van der Waals surface area (Å²) in [7, 11) is 0. The van der Waals surface area contributed by atoms with E-state index in [0.717, 1.165) is 19.5 Å². The van der Waals surface area contributed by atoms with E-state index in [0.29, 0.717) is 0 Å². The summed E-state index contributed by atoms with van der Waals surface area (Å²) in [5.74, 6) is 0. The number of hydrogen-bond acceptors (Lipinski definition) is 1. The highest BCUT2D eigenvalue weighted by Gasteiger charge is 1.92. The highest BCUT2D eigenvalue weighted by Crippen LogP contribution is 1.99. The molecule has 2 aromatic carbocycles. The maximum absolute atomic E-state index is 3.44. The summed E-state index contributed by atoms with van der Waals surface area (Å²) in [5.41, 5.74) is 2.67. The van der Waals surface area contributed by atoms with E-state index in [1.807, 2.05) is 24.3 Å². The first kappa shape index (κ1) is 10.9. The quantitative estimate of drug-likeness (QED) is 0.748. The Bertz CT molecular complexity index is 353. The molecule has 1 N–H and O–H groups in total. The van der Waals surface area contributed by atoms with Gasteiger partial charge in [0.25, 0.3) is 0 Å². The predicted octanol–water partition coefficient (Wildman–Crippen LogP) is 2.82. The van der Waals surface area contributed by atoms with Crippen LogP contribution < -0.4 is 5.32 Å². The van der Waals surface area contributed by atoms with Gasteiger partial charge in [-0.15, -0.1) is 0 Å². The monoisotopic (exact) mass is 210 g/mol. The normalized spacial score (nSPS) is 10.2. The van der Waals surface area contributed by atoms with Crippen molar-refractivity contribution in [2.75, 3.05) is 6.54 Å². The first-order chi connectivity index (χ1) is 7.95. The van der Waals surface area contributed by atoms with Gasteiger partial charge in [-0.2, -0.15) is 0 Å². The van der Waals surface area contributed by atoms with Gasteiger partial charge in [0, 0.05) is 6.54 Å². The third-order valence-electron chi connectivity index (χ3n) is 2.53. The largest absolute Gasteiger partial charge is 0.312 e. The number of rotatable bonds is 5. The van der Waals surface area contributed by atoms with E-state index >= 15 is 0 Å². The Morgan fingerprint density at radius 1 is 0.938 bits per heavy atom. The van der Waals surface area contributed by atoms with E-state index in [1.54, 1.807) is 0 Å². The standard InChI is InChI=1S/C15H16N/c1-3-7-14(8-4-1)11-12-16-13-15-9-5-2-6-10-15/h1-3,5-10,16H,11-13H2. The third kappa shape index (κ3) is 3.52. The fourth-order valence-electron chi connectivity index (χ4n) is 1.65. The first-order valence-electron chi connectivity index (χ1n) is 5.65. The highest BCUT2D eigenvalue weighted by molar-refractivity contribution is 5.15. The van der Waals surface area contributed by atoms with Crippen molar-refractivity contribution in [3.63, 3.8) is 0 Å². The topological polar surface area (TPSA) is 12.0 Å². The van der Waals surface area contributed by atoms with Crippen molar-refractivity contribution in [3.05, 3.63) is 71.8 Å². The molecule has 0 bridgehead atoms. The van der Waals surface area contributed by atoms with Gasteiger partial charge in [0.05, 0.1) is 0 Å². The summed E-state index contributed by atoms with van der Waals surface area (Å²) in [4.78, 5) is 0. The van der Waals surface area contributed by atoms with Crippen LogP contribution in [0.15, 0.2) is 54.6 Å². The smallest absolute Gasteiger partial charge is 0.0205 e. The molecule has 0 unspecified atom stereocenters. The van der Waals surface area contributed by atoms with Gasteiger partial charge in [-0.25, -0.2) is 0 Å². The lowest BCUT2D eigenvalue weighted by molar-refractivity contribution is 0.687. The molecule has 1 nitrogen and oxygen atoms in total. The number of nitrogens with one attached hydrogen (secondary N) is 1. The lowest BCUT2D eigenvalue weighted by Gasteiger charge is -2.04. The maximum atomic E-state index is 3.44.